The number of carboxylic acids is 1. The molecule has 0 bridgehead atoms. The van der Waals surface area contributed by atoms with Crippen LogP contribution in [0, 0.1) is 17.8 Å². The lowest BCUT2D eigenvalue weighted by Crippen LogP contribution is -2.28. The van der Waals surface area contributed by atoms with Crippen LogP contribution in [0.25, 0.3) is 0 Å². The van der Waals surface area contributed by atoms with Gasteiger partial charge in [-0.25, -0.2) is 0 Å². The molecule has 1 aromatic carbocycles. The molecule has 0 spiro atoms. The number of benzene rings is 1. The zero-order chi connectivity index (χ0) is 19.9. The first-order chi connectivity index (χ1) is 13.5. The van der Waals surface area contributed by atoms with E-state index in [1.807, 2.05) is 18.2 Å². The zero-order valence-electron chi connectivity index (χ0n) is 16.3. The molecule has 1 fully saturated rings. The Bertz CT molecular complexity index is 700. The summed E-state index contributed by atoms with van der Waals surface area (Å²) in [5.74, 6) is 0.737. The third kappa shape index (κ3) is 5.71. The van der Waals surface area contributed by atoms with Gasteiger partial charge in [0.2, 0.25) is 0 Å². The maximum absolute atomic E-state index is 12.8. The average Bonchev–Trinajstić information content (AvgIpc) is 3.18. The van der Waals surface area contributed by atoms with Gasteiger partial charge in [-0.05, 0) is 68.2 Å². The van der Waals surface area contributed by atoms with Crippen molar-refractivity contribution < 1.29 is 19.8 Å². The fourth-order valence-electron chi connectivity index (χ4n) is 4.68. The van der Waals surface area contributed by atoms with E-state index >= 15 is 0 Å². The van der Waals surface area contributed by atoms with Crippen molar-refractivity contribution >= 4 is 23.5 Å². The molecule has 0 aromatic heterocycles. The number of thioether (sulfide) groups is 1. The van der Waals surface area contributed by atoms with E-state index in [1.54, 1.807) is 11.8 Å². The molecule has 3 rings (SSSR count). The highest BCUT2D eigenvalue weighted by atomic mass is 32.2. The van der Waals surface area contributed by atoms with Crippen molar-refractivity contribution in [2.75, 3.05) is 5.75 Å². The second kappa shape index (κ2) is 10.3. The Morgan fingerprint density at radius 3 is 2.61 bits per heavy atom. The van der Waals surface area contributed by atoms with Gasteiger partial charge in [0.1, 0.15) is 5.78 Å². The van der Waals surface area contributed by atoms with Gasteiger partial charge in [-0.1, -0.05) is 29.8 Å². The molecule has 2 N–H and O–H groups in total. The van der Waals surface area contributed by atoms with Gasteiger partial charge in [0.25, 0.3) is 0 Å². The highest BCUT2D eigenvalue weighted by molar-refractivity contribution is 7.99. The largest absolute Gasteiger partial charge is 0.481 e. The van der Waals surface area contributed by atoms with Gasteiger partial charge in [-0.2, -0.15) is 0 Å². The van der Waals surface area contributed by atoms with Crippen LogP contribution in [0.1, 0.15) is 51.4 Å². The topological polar surface area (TPSA) is 74.6 Å². The number of allylic oxidation sites excluding steroid dienone is 2. The van der Waals surface area contributed by atoms with E-state index in [1.165, 1.54) is 10.5 Å². The van der Waals surface area contributed by atoms with Gasteiger partial charge in [0.15, 0.2) is 0 Å². The van der Waals surface area contributed by atoms with Crippen LogP contribution in [0.3, 0.4) is 0 Å². The lowest BCUT2D eigenvalue weighted by molar-refractivity contribution is -0.137. The maximum atomic E-state index is 12.8. The average molecular weight is 403 g/mol. The van der Waals surface area contributed by atoms with E-state index in [2.05, 4.69) is 18.2 Å². The normalized spacial score (nSPS) is 26.1. The lowest BCUT2D eigenvalue weighted by atomic mass is 9.85. The molecular weight excluding hydrogens is 372 g/mol. The van der Waals surface area contributed by atoms with Crippen molar-refractivity contribution in [2.45, 2.75) is 62.4 Å². The number of carboxylic acid groups (broad SMARTS) is 1. The predicted octanol–water partition coefficient (Wildman–Crippen LogP) is 4.72. The number of aliphatic hydroxyl groups excluding tert-OH is 1. The van der Waals surface area contributed by atoms with Gasteiger partial charge in [-0.3, -0.25) is 9.59 Å². The Morgan fingerprint density at radius 1 is 1.07 bits per heavy atom. The molecule has 5 heteroatoms. The Morgan fingerprint density at radius 2 is 1.86 bits per heavy atom. The first kappa shape index (κ1) is 21.1. The minimum atomic E-state index is -0.739. The molecular formula is C23H30O4S. The Labute approximate surface area is 171 Å². The van der Waals surface area contributed by atoms with Crippen LogP contribution >= 0.6 is 11.8 Å². The van der Waals surface area contributed by atoms with Crippen LogP contribution < -0.4 is 0 Å². The quantitative estimate of drug-likeness (QED) is 0.318. The predicted molar refractivity (Wildman–Crippen MR) is 111 cm³/mol. The summed E-state index contributed by atoms with van der Waals surface area (Å²) in [5, 5.41) is 19.2. The molecule has 1 aromatic rings. The number of carbonyl (C=O) groups is 2. The maximum Gasteiger partial charge on any atom is 0.303 e. The summed E-state index contributed by atoms with van der Waals surface area (Å²) in [7, 11) is 0. The molecule has 0 aliphatic heterocycles. The van der Waals surface area contributed by atoms with Crippen molar-refractivity contribution in [3.05, 3.63) is 42.0 Å². The van der Waals surface area contributed by atoms with Crippen LogP contribution in [-0.4, -0.2) is 33.8 Å². The first-order valence-electron chi connectivity index (χ1n) is 10.3. The minimum absolute atomic E-state index is 0.217. The van der Waals surface area contributed by atoms with Crippen molar-refractivity contribution in [2.24, 2.45) is 17.8 Å². The standard InChI is InChI=1S/C23H30O4S/c24-20(10-6-12-28-18-8-2-1-3-9-18)23-19-14-16(7-4-5-11-22(26)27)13-17(19)15-21(23)25/h1-3,8-9,13,17,19,21,23,25H,4-7,10-12,14-15H2,(H,26,27)/t17-,19-,21+,23-/m1/s1. The number of carbonyl (C=O) groups excluding carboxylic acids is 1. The summed E-state index contributed by atoms with van der Waals surface area (Å²) in [6, 6.07) is 10.2. The van der Waals surface area contributed by atoms with Crippen LogP contribution in [0.4, 0.5) is 0 Å². The van der Waals surface area contributed by atoms with E-state index in [9.17, 15) is 14.7 Å². The molecule has 4 atom stereocenters. The number of ketones is 1. The monoisotopic (exact) mass is 402 g/mol. The van der Waals surface area contributed by atoms with Crippen LogP contribution in [0.15, 0.2) is 46.9 Å². The van der Waals surface area contributed by atoms with E-state index < -0.39 is 12.1 Å². The number of hydrogen-bond acceptors (Lipinski definition) is 4. The number of rotatable bonds is 11. The zero-order valence-corrected chi connectivity index (χ0v) is 17.1. The van der Waals surface area contributed by atoms with Crippen molar-refractivity contribution in [3.8, 4) is 0 Å². The molecule has 0 radical (unpaired) electrons. The number of unbranched alkanes of at least 4 members (excludes halogenated alkanes) is 1. The summed E-state index contributed by atoms with van der Waals surface area (Å²) in [4.78, 5) is 24.6. The van der Waals surface area contributed by atoms with Gasteiger partial charge < -0.3 is 10.2 Å². The minimum Gasteiger partial charge on any atom is -0.481 e. The molecule has 2 aliphatic rings. The Balaban J connectivity index is 1.42. The van der Waals surface area contributed by atoms with Crippen LogP contribution in [-0.2, 0) is 9.59 Å². The molecule has 1 saturated carbocycles. The summed E-state index contributed by atoms with van der Waals surface area (Å²) in [6.07, 6.45) is 7.45. The van der Waals surface area contributed by atoms with E-state index in [4.69, 9.17) is 5.11 Å². The first-order valence-corrected chi connectivity index (χ1v) is 11.3. The fourth-order valence-corrected chi connectivity index (χ4v) is 5.56. The molecule has 2 aliphatic carbocycles. The van der Waals surface area contributed by atoms with Crippen LogP contribution in [0.2, 0.25) is 0 Å². The molecule has 0 saturated heterocycles. The van der Waals surface area contributed by atoms with Gasteiger partial charge >= 0.3 is 5.97 Å². The SMILES string of the molecule is O=C(O)CCCCC1=C[C@@H]2C[C@H](O)[C@@H](C(=O)CCCSc3ccccc3)[C@@H]2C1. The summed E-state index contributed by atoms with van der Waals surface area (Å²) in [5.41, 5.74) is 1.35. The molecule has 28 heavy (non-hydrogen) atoms. The second-order valence-corrected chi connectivity index (χ2v) is 9.19. The molecule has 4 nitrogen and oxygen atoms in total. The summed E-state index contributed by atoms with van der Waals surface area (Å²) >= 11 is 1.77. The Kier molecular flexibility index (Phi) is 7.74. The van der Waals surface area contributed by atoms with E-state index in [0.29, 0.717) is 25.2 Å². The van der Waals surface area contributed by atoms with Crippen molar-refractivity contribution in [3.63, 3.8) is 0 Å². The number of aliphatic carboxylic acids is 1. The summed E-state index contributed by atoms with van der Waals surface area (Å²) in [6.45, 7) is 0. The molecule has 0 amide bonds. The third-order valence-corrected chi connectivity index (χ3v) is 7.08. The van der Waals surface area contributed by atoms with E-state index in [0.717, 1.165) is 31.4 Å². The molecule has 0 heterocycles. The number of Topliss-reactive ketones (excluding diaryl/α,β-unsaturated/α-hetero) is 1. The summed E-state index contributed by atoms with van der Waals surface area (Å²) < 4.78 is 0. The van der Waals surface area contributed by atoms with Gasteiger partial charge in [0.05, 0.1) is 6.10 Å². The third-order valence-electron chi connectivity index (χ3n) is 5.98. The Hall–Kier alpha value is -1.59. The second-order valence-electron chi connectivity index (χ2n) is 8.02. The van der Waals surface area contributed by atoms with Crippen molar-refractivity contribution in [1.29, 1.82) is 0 Å². The smallest absolute Gasteiger partial charge is 0.303 e. The number of hydrogen-bond donors (Lipinski definition) is 2. The fraction of sp³-hybridized carbons (Fsp3) is 0.565. The van der Waals surface area contributed by atoms with E-state index in [-0.39, 0.29) is 24.0 Å². The van der Waals surface area contributed by atoms with Gasteiger partial charge in [-0.15, -0.1) is 11.8 Å². The van der Waals surface area contributed by atoms with Gasteiger partial charge in [0, 0.05) is 23.7 Å². The molecule has 0 unspecified atom stereocenters. The number of fused-ring (bicyclic) bond motifs is 1. The highest BCUT2D eigenvalue weighted by Gasteiger charge is 2.47. The van der Waals surface area contributed by atoms with Crippen molar-refractivity contribution in [1.82, 2.24) is 0 Å². The molecule has 152 valence electrons. The highest BCUT2D eigenvalue weighted by Crippen LogP contribution is 2.48. The number of aliphatic hydroxyl groups is 1. The van der Waals surface area contributed by atoms with Crippen LogP contribution in [0.5, 0.6) is 0 Å². The lowest BCUT2D eigenvalue weighted by Gasteiger charge is -2.20.